The lowest BCUT2D eigenvalue weighted by molar-refractivity contribution is 0.0954. The van der Waals surface area contributed by atoms with Gasteiger partial charge in [-0.1, -0.05) is 37.6 Å². The molecule has 0 unspecified atom stereocenters. The third-order valence-corrected chi connectivity index (χ3v) is 5.20. The highest BCUT2D eigenvalue weighted by atomic mass is 35.5. The zero-order chi connectivity index (χ0) is 19.9. The molecule has 0 fully saturated rings. The van der Waals surface area contributed by atoms with Crippen LogP contribution < -0.4 is 10.1 Å². The molecule has 0 aliphatic carbocycles. The molecule has 0 spiro atoms. The lowest BCUT2D eigenvalue weighted by Crippen LogP contribution is -2.25. The first-order valence-electron chi connectivity index (χ1n) is 9.22. The van der Waals surface area contributed by atoms with Crippen molar-refractivity contribution in [2.45, 2.75) is 20.3 Å². The van der Waals surface area contributed by atoms with Gasteiger partial charge in [-0.3, -0.25) is 4.79 Å². The van der Waals surface area contributed by atoms with Crippen LogP contribution in [0.25, 0.3) is 10.6 Å². The van der Waals surface area contributed by atoms with Crippen LogP contribution in [0.5, 0.6) is 5.75 Å². The van der Waals surface area contributed by atoms with E-state index in [4.69, 9.17) is 16.3 Å². The molecule has 3 rings (SSSR count). The number of hydrogen-bond donors (Lipinski definition) is 1. The molecule has 1 aromatic heterocycles. The molecule has 1 N–H and O–H groups in total. The average molecular weight is 415 g/mol. The van der Waals surface area contributed by atoms with E-state index in [0.29, 0.717) is 36.1 Å². The van der Waals surface area contributed by atoms with E-state index in [9.17, 15) is 4.79 Å². The number of hydrogen-bond acceptors (Lipinski definition) is 4. The smallest absolute Gasteiger partial charge is 0.251 e. The van der Waals surface area contributed by atoms with E-state index >= 15 is 0 Å². The minimum atomic E-state index is -0.0939. The van der Waals surface area contributed by atoms with E-state index in [2.05, 4.69) is 24.1 Å². The summed E-state index contributed by atoms with van der Waals surface area (Å²) >= 11 is 7.52. The van der Waals surface area contributed by atoms with E-state index < -0.39 is 0 Å². The summed E-state index contributed by atoms with van der Waals surface area (Å²) in [6, 6.07) is 14.9. The van der Waals surface area contributed by atoms with Crippen LogP contribution in [0, 0.1) is 5.92 Å². The Kier molecular flexibility index (Phi) is 7.06. The van der Waals surface area contributed by atoms with Crippen LogP contribution in [0.2, 0.25) is 5.02 Å². The molecule has 0 aliphatic rings. The van der Waals surface area contributed by atoms with Crippen molar-refractivity contribution in [3.8, 4) is 16.3 Å². The second-order valence-electron chi connectivity index (χ2n) is 6.89. The number of amides is 1. The van der Waals surface area contributed by atoms with Gasteiger partial charge >= 0.3 is 0 Å². The zero-order valence-corrected chi connectivity index (χ0v) is 17.5. The summed E-state index contributed by atoms with van der Waals surface area (Å²) in [4.78, 5) is 16.9. The maximum Gasteiger partial charge on any atom is 0.251 e. The van der Waals surface area contributed by atoms with Crippen LogP contribution in [0.15, 0.2) is 53.9 Å². The molecule has 0 radical (unpaired) electrons. The third kappa shape index (κ3) is 5.81. The Balaban J connectivity index is 1.48. The predicted octanol–water partition coefficient (Wildman–Crippen LogP) is 5.47. The SMILES string of the molecule is CC(C)COc1ccc(C(=O)NCCc2csc(-c3ccc(Cl)cc3)n2)cc1. The molecular formula is C22H23ClN2O2S. The molecule has 28 heavy (non-hydrogen) atoms. The van der Waals surface area contributed by atoms with Crippen molar-refractivity contribution in [3.63, 3.8) is 0 Å². The van der Waals surface area contributed by atoms with Gasteiger partial charge in [0.2, 0.25) is 0 Å². The van der Waals surface area contributed by atoms with Gasteiger partial charge in [0.25, 0.3) is 5.91 Å². The molecule has 1 amide bonds. The van der Waals surface area contributed by atoms with Crippen LogP contribution in [-0.2, 0) is 6.42 Å². The largest absolute Gasteiger partial charge is 0.493 e. The molecule has 0 aliphatic heterocycles. The second-order valence-corrected chi connectivity index (χ2v) is 8.18. The Labute approximate surface area is 174 Å². The highest BCUT2D eigenvalue weighted by molar-refractivity contribution is 7.13. The average Bonchev–Trinajstić information content (AvgIpc) is 3.16. The van der Waals surface area contributed by atoms with Crippen LogP contribution in [0.4, 0.5) is 0 Å². The Morgan fingerprint density at radius 3 is 2.54 bits per heavy atom. The standard InChI is InChI=1S/C22H23ClN2O2S/c1-15(2)13-27-20-9-5-16(6-10-20)21(26)24-12-11-19-14-28-22(25-19)17-3-7-18(23)8-4-17/h3-10,14-15H,11-13H2,1-2H3,(H,24,26). The second kappa shape index (κ2) is 9.71. The van der Waals surface area contributed by atoms with Crippen LogP contribution in [-0.4, -0.2) is 24.0 Å². The third-order valence-electron chi connectivity index (χ3n) is 4.01. The molecule has 0 bridgehead atoms. The molecule has 0 atom stereocenters. The predicted molar refractivity (Wildman–Crippen MR) is 115 cm³/mol. The maximum absolute atomic E-state index is 12.3. The Morgan fingerprint density at radius 2 is 1.86 bits per heavy atom. The summed E-state index contributed by atoms with van der Waals surface area (Å²) < 4.78 is 5.64. The quantitative estimate of drug-likeness (QED) is 0.531. The molecule has 2 aromatic carbocycles. The summed E-state index contributed by atoms with van der Waals surface area (Å²) in [6.45, 7) is 5.40. The summed E-state index contributed by atoms with van der Waals surface area (Å²) in [5.74, 6) is 1.15. The summed E-state index contributed by atoms with van der Waals surface area (Å²) in [6.07, 6.45) is 0.686. The molecule has 3 aromatic rings. The number of rotatable bonds is 8. The Hall–Kier alpha value is -2.37. The van der Waals surface area contributed by atoms with E-state index in [-0.39, 0.29) is 5.91 Å². The minimum absolute atomic E-state index is 0.0939. The first-order chi connectivity index (χ1) is 13.5. The van der Waals surface area contributed by atoms with Gasteiger partial charge in [0, 0.05) is 34.5 Å². The van der Waals surface area contributed by atoms with Gasteiger partial charge in [0.1, 0.15) is 10.8 Å². The summed E-state index contributed by atoms with van der Waals surface area (Å²) in [5.41, 5.74) is 2.63. The number of ether oxygens (including phenoxy) is 1. The number of aromatic nitrogens is 1. The molecule has 146 valence electrons. The number of carbonyl (C=O) groups is 1. The first kappa shape index (κ1) is 20.4. The Bertz CT molecular complexity index is 905. The number of halogens is 1. The van der Waals surface area contributed by atoms with E-state index in [1.54, 1.807) is 23.5 Å². The fourth-order valence-corrected chi connectivity index (χ4v) is 3.50. The molecule has 4 nitrogen and oxygen atoms in total. The molecule has 1 heterocycles. The van der Waals surface area contributed by atoms with E-state index in [0.717, 1.165) is 22.0 Å². The minimum Gasteiger partial charge on any atom is -0.493 e. The van der Waals surface area contributed by atoms with E-state index in [1.807, 2.05) is 41.8 Å². The van der Waals surface area contributed by atoms with Gasteiger partial charge in [0.15, 0.2) is 0 Å². The van der Waals surface area contributed by atoms with Crippen LogP contribution in [0.1, 0.15) is 29.9 Å². The lowest BCUT2D eigenvalue weighted by Gasteiger charge is -2.09. The maximum atomic E-state index is 12.3. The van der Waals surface area contributed by atoms with Crippen molar-refractivity contribution in [2.24, 2.45) is 5.92 Å². The van der Waals surface area contributed by atoms with Crippen molar-refractivity contribution in [2.75, 3.05) is 13.2 Å². The van der Waals surface area contributed by atoms with Crippen LogP contribution >= 0.6 is 22.9 Å². The number of thiazole rings is 1. The molecule has 0 saturated carbocycles. The fraction of sp³-hybridized carbons (Fsp3) is 0.273. The van der Waals surface area contributed by atoms with Gasteiger partial charge in [-0.15, -0.1) is 11.3 Å². The van der Waals surface area contributed by atoms with Gasteiger partial charge in [-0.2, -0.15) is 0 Å². The fourth-order valence-electron chi connectivity index (χ4n) is 2.52. The highest BCUT2D eigenvalue weighted by Gasteiger charge is 2.08. The van der Waals surface area contributed by atoms with Crippen molar-refractivity contribution >= 4 is 28.8 Å². The van der Waals surface area contributed by atoms with Gasteiger partial charge in [-0.25, -0.2) is 4.98 Å². The topological polar surface area (TPSA) is 51.2 Å². The summed E-state index contributed by atoms with van der Waals surface area (Å²) in [5, 5.41) is 6.63. The van der Waals surface area contributed by atoms with Crippen molar-refractivity contribution in [3.05, 3.63) is 70.2 Å². The number of nitrogens with zero attached hydrogens (tertiary/aromatic N) is 1. The van der Waals surface area contributed by atoms with Crippen molar-refractivity contribution in [1.82, 2.24) is 10.3 Å². The van der Waals surface area contributed by atoms with Gasteiger partial charge in [0.05, 0.1) is 12.3 Å². The monoisotopic (exact) mass is 414 g/mol. The van der Waals surface area contributed by atoms with Crippen molar-refractivity contribution in [1.29, 1.82) is 0 Å². The number of carbonyl (C=O) groups excluding carboxylic acids is 1. The normalized spacial score (nSPS) is 10.9. The van der Waals surface area contributed by atoms with Crippen molar-refractivity contribution < 1.29 is 9.53 Å². The number of benzene rings is 2. The summed E-state index contributed by atoms with van der Waals surface area (Å²) in [7, 11) is 0. The number of nitrogens with one attached hydrogen (secondary N) is 1. The molecule has 0 saturated heterocycles. The molecular weight excluding hydrogens is 392 g/mol. The first-order valence-corrected chi connectivity index (χ1v) is 10.5. The van der Waals surface area contributed by atoms with E-state index in [1.165, 1.54) is 0 Å². The van der Waals surface area contributed by atoms with Crippen LogP contribution in [0.3, 0.4) is 0 Å². The highest BCUT2D eigenvalue weighted by Crippen LogP contribution is 2.25. The van der Waals surface area contributed by atoms with Gasteiger partial charge < -0.3 is 10.1 Å². The Morgan fingerprint density at radius 1 is 1.14 bits per heavy atom. The van der Waals surface area contributed by atoms with Gasteiger partial charge in [-0.05, 0) is 42.3 Å². The zero-order valence-electron chi connectivity index (χ0n) is 15.9. The molecule has 6 heteroatoms. The lowest BCUT2D eigenvalue weighted by atomic mass is 10.2.